The largest absolute Gasteiger partial charge is 0.316 e. The van der Waals surface area contributed by atoms with Gasteiger partial charge in [0.05, 0.1) is 0 Å². The summed E-state index contributed by atoms with van der Waals surface area (Å²) in [5.74, 6) is 1.75. The number of benzene rings is 1. The Morgan fingerprint density at radius 2 is 2.00 bits per heavy atom. The van der Waals surface area contributed by atoms with E-state index in [9.17, 15) is 0 Å². The molecule has 0 spiro atoms. The molecule has 0 aromatic heterocycles. The maximum atomic E-state index is 3.67. The monoisotopic (exact) mass is 309 g/mol. The fraction of sp³-hybridized carbons (Fsp3) is 0.625. The molecule has 2 rings (SSSR count). The molecule has 0 bridgehead atoms. The van der Waals surface area contributed by atoms with E-state index in [1.165, 1.54) is 48.7 Å². The van der Waals surface area contributed by atoms with E-state index in [1.54, 1.807) is 0 Å². The topological polar surface area (TPSA) is 12.0 Å². The molecule has 1 aliphatic carbocycles. The van der Waals surface area contributed by atoms with Crippen LogP contribution in [0, 0.1) is 11.8 Å². The molecule has 2 unspecified atom stereocenters. The second-order valence-corrected chi connectivity index (χ2v) is 6.31. The lowest BCUT2D eigenvalue weighted by atomic mass is 9.89. The van der Waals surface area contributed by atoms with Gasteiger partial charge in [0.25, 0.3) is 0 Å². The summed E-state index contributed by atoms with van der Waals surface area (Å²) < 4.78 is 1.28. The Labute approximate surface area is 119 Å². The van der Waals surface area contributed by atoms with Crippen LogP contribution in [0.1, 0.15) is 38.2 Å². The lowest BCUT2D eigenvalue weighted by Gasteiger charge is -2.20. The smallest absolute Gasteiger partial charge is 0.0207 e. The Bertz CT molecular complexity index is 364. The fourth-order valence-corrected chi connectivity index (χ4v) is 3.51. The number of rotatable bonds is 6. The third-order valence-electron chi connectivity index (χ3n) is 4.09. The third kappa shape index (κ3) is 3.83. The SMILES string of the molecule is CCCNCC1CCCC1Cc1ccccc1Br. The first kappa shape index (κ1) is 14.1. The summed E-state index contributed by atoms with van der Waals surface area (Å²) in [4.78, 5) is 0. The maximum Gasteiger partial charge on any atom is 0.0207 e. The molecule has 2 atom stereocenters. The van der Waals surface area contributed by atoms with Crippen LogP contribution >= 0.6 is 15.9 Å². The number of nitrogens with one attached hydrogen (secondary N) is 1. The van der Waals surface area contributed by atoms with E-state index in [1.807, 2.05) is 0 Å². The Morgan fingerprint density at radius 1 is 1.22 bits per heavy atom. The highest BCUT2D eigenvalue weighted by atomic mass is 79.9. The first-order valence-corrected chi connectivity index (χ1v) is 8.04. The van der Waals surface area contributed by atoms with E-state index < -0.39 is 0 Å². The first-order valence-electron chi connectivity index (χ1n) is 7.25. The molecule has 0 radical (unpaired) electrons. The van der Waals surface area contributed by atoms with Crippen molar-refractivity contribution in [1.29, 1.82) is 0 Å². The van der Waals surface area contributed by atoms with Crippen molar-refractivity contribution in [2.45, 2.75) is 39.0 Å². The molecule has 2 heteroatoms. The van der Waals surface area contributed by atoms with Gasteiger partial charge in [-0.15, -0.1) is 0 Å². The molecular weight excluding hydrogens is 286 g/mol. The maximum absolute atomic E-state index is 3.67. The molecule has 0 amide bonds. The second-order valence-electron chi connectivity index (χ2n) is 5.45. The highest BCUT2D eigenvalue weighted by molar-refractivity contribution is 9.10. The van der Waals surface area contributed by atoms with Gasteiger partial charge in [-0.1, -0.05) is 47.5 Å². The molecule has 1 aromatic rings. The van der Waals surface area contributed by atoms with Gasteiger partial charge < -0.3 is 5.32 Å². The zero-order valence-electron chi connectivity index (χ0n) is 11.3. The van der Waals surface area contributed by atoms with Crippen LogP contribution in [0.3, 0.4) is 0 Å². The average molecular weight is 310 g/mol. The molecule has 0 saturated heterocycles. The molecular formula is C16H24BrN. The molecule has 1 aromatic carbocycles. The van der Waals surface area contributed by atoms with Crippen molar-refractivity contribution >= 4 is 15.9 Å². The quantitative estimate of drug-likeness (QED) is 0.768. The molecule has 1 N–H and O–H groups in total. The normalized spacial score (nSPS) is 23.4. The average Bonchev–Trinajstić information content (AvgIpc) is 2.80. The van der Waals surface area contributed by atoms with Gasteiger partial charge in [-0.25, -0.2) is 0 Å². The van der Waals surface area contributed by atoms with Crippen LogP contribution in [0.15, 0.2) is 28.7 Å². The molecule has 1 nitrogen and oxygen atoms in total. The van der Waals surface area contributed by atoms with Crippen molar-refractivity contribution in [2.24, 2.45) is 11.8 Å². The van der Waals surface area contributed by atoms with Gasteiger partial charge in [0.1, 0.15) is 0 Å². The number of hydrogen-bond acceptors (Lipinski definition) is 1. The molecule has 0 heterocycles. The van der Waals surface area contributed by atoms with Crippen molar-refractivity contribution in [3.05, 3.63) is 34.3 Å². The summed E-state index contributed by atoms with van der Waals surface area (Å²) in [5.41, 5.74) is 1.48. The third-order valence-corrected chi connectivity index (χ3v) is 4.86. The van der Waals surface area contributed by atoms with Crippen LogP contribution < -0.4 is 5.32 Å². The Hall–Kier alpha value is -0.340. The molecule has 1 aliphatic rings. The van der Waals surface area contributed by atoms with Gasteiger partial charge in [0.15, 0.2) is 0 Å². The zero-order valence-corrected chi connectivity index (χ0v) is 12.9. The Morgan fingerprint density at radius 3 is 2.78 bits per heavy atom. The van der Waals surface area contributed by atoms with Crippen molar-refractivity contribution in [1.82, 2.24) is 5.32 Å². The van der Waals surface area contributed by atoms with Crippen LogP contribution in [-0.4, -0.2) is 13.1 Å². The van der Waals surface area contributed by atoms with Crippen LogP contribution in [0.5, 0.6) is 0 Å². The minimum atomic E-state index is 0.869. The van der Waals surface area contributed by atoms with Gasteiger partial charge in [-0.2, -0.15) is 0 Å². The summed E-state index contributed by atoms with van der Waals surface area (Å²) in [6.07, 6.45) is 6.70. The van der Waals surface area contributed by atoms with Crippen LogP contribution in [0.4, 0.5) is 0 Å². The van der Waals surface area contributed by atoms with E-state index in [4.69, 9.17) is 0 Å². The second kappa shape index (κ2) is 7.30. The van der Waals surface area contributed by atoms with Crippen LogP contribution in [-0.2, 0) is 6.42 Å². The zero-order chi connectivity index (χ0) is 12.8. The van der Waals surface area contributed by atoms with Gasteiger partial charge in [-0.05, 0) is 62.2 Å². The van der Waals surface area contributed by atoms with Gasteiger partial charge in [0.2, 0.25) is 0 Å². The predicted molar refractivity (Wildman–Crippen MR) is 81.8 cm³/mol. The lowest BCUT2D eigenvalue weighted by molar-refractivity contribution is 0.365. The summed E-state index contributed by atoms with van der Waals surface area (Å²) in [6, 6.07) is 8.68. The van der Waals surface area contributed by atoms with Crippen molar-refractivity contribution in [3.8, 4) is 0 Å². The van der Waals surface area contributed by atoms with E-state index in [0.29, 0.717) is 0 Å². The lowest BCUT2D eigenvalue weighted by Crippen LogP contribution is -2.26. The van der Waals surface area contributed by atoms with E-state index in [2.05, 4.69) is 52.4 Å². The molecule has 0 aliphatic heterocycles. The Balaban J connectivity index is 1.89. The fourth-order valence-electron chi connectivity index (χ4n) is 3.06. The molecule has 1 saturated carbocycles. The Kier molecular flexibility index (Phi) is 5.71. The van der Waals surface area contributed by atoms with Gasteiger partial charge in [0, 0.05) is 4.47 Å². The summed E-state index contributed by atoms with van der Waals surface area (Å²) >= 11 is 3.67. The minimum absolute atomic E-state index is 0.869. The van der Waals surface area contributed by atoms with Crippen LogP contribution in [0.2, 0.25) is 0 Å². The highest BCUT2D eigenvalue weighted by Gasteiger charge is 2.27. The molecule has 100 valence electrons. The number of halogens is 1. The molecule has 1 fully saturated rings. The van der Waals surface area contributed by atoms with Gasteiger partial charge >= 0.3 is 0 Å². The van der Waals surface area contributed by atoms with Gasteiger partial charge in [-0.3, -0.25) is 0 Å². The van der Waals surface area contributed by atoms with Crippen molar-refractivity contribution in [2.75, 3.05) is 13.1 Å². The van der Waals surface area contributed by atoms with Crippen LogP contribution in [0.25, 0.3) is 0 Å². The standard InChI is InChI=1S/C16H24BrN/c1-2-10-18-12-15-8-5-7-13(15)11-14-6-3-4-9-16(14)17/h3-4,6,9,13,15,18H,2,5,7-8,10-12H2,1H3. The summed E-state index contributed by atoms with van der Waals surface area (Å²) in [5, 5.41) is 3.60. The minimum Gasteiger partial charge on any atom is -0.316 e. The van der Waals surface area contributed by atoms with E-state index in [0.717, 1.165) is 18.4 Å². The number of hydrogen-bond donors (Lipinski definition) is 1. The summed E-state index contributed by atoms with van der Waals surface area (Å²) in [6.45, 7) is 4.61. The van der Waals surface area contributed by atoms with Crippen molar-refractivity contribution in [3.63, 3.8) is 0 Å². The van der Waals surface area contributed by atoms with E-state index >= 15 is 0 Å². The summed E-state index contributed by atoms with van der Waals surface area (Å²) in [7, 11) is 0. The van der Waals surface area contributed by atoms with E-state index in [-0.39, 0.29) is 0 Å². The molecule has 18 heavy (non-hydrogen) atoms. The highest BCUT2D eigenvalue weighted by Crippen LogP contribution is 2.35. The predicted octanol–water partition coefficient (Wildman–Crippen LogP) is 4.41. The van der Waals surface area contributed by atoms with Crippen molar-refractivity contribution < 1.29 is 0 Å². The first-order chi connectivity index (χ1) is 8.81.